The van der Waals surface area contributed by atoms with E-state index in [2.05, 4.69) is 66.1 Å². The molecule has 0 aromatic carbocycles. The van der Waals surface area contributed by atoms with Gasteiger partial charge in [-0.05, 0) is 11.8 Å². The second-order valence-electron chi connectivity index (χ2n) is 8.11. The van der Waals surface area contributed by atoms with Gasteiger partial charge in [0.05, 0.1) is 18.9 Å². The molecule has 0 spiro atoms. The van der Waals surface area contributed by atoms with Gasteiger partial charge in [-0.2, -0.15) is 5.10 Å². The topological polar surface area (TPSA) is 57.9 Å². The molecule has 1 fully saturated rings. The maximum Gasteiger partial charge on any atom is 0.193 e. The third kappa shape index (κ3) is 6.88. The molecule has 1 unspecified atom stereocenters. The molecule has 1 aliphatic rings. The van der Waals surface area contributed by atoms with Crippen LogP contribution in [-0.4, -0.2) is 78.5 Å². The molecule has 2 rings (SSSR count). The van der Waals surface area contributed by atoms with Crippen molar-refractivity contribution in [3.63, 3.8) is 0 Å². The minimum absolute atomic E-state index is 0. The lowest BCUT2D eigenvalue weighted by atomic mass is 10.0. The standard InChI is InChI=1S/C20H38N6O.HI/c1-15(2)18(26-8-10-27-11-9-26)12-22-20(21-5)24(6)13-17-14-25(7)23-19(17)16(3)4;/h14-16,18H,8-13H2,1-7H3,(H,21,22);1H. The van der Waals surface area contributed by atoms with Gasteiger partial charge in [0.2, 0.25) is 0 Å². The van der Waals surface area contributed by atoms with Crippen molar-refractivity contribution in [1.82, 2.24) is 24.9 Å². The van der Waals surface area contributed by atoms with Crippen molar-refractivity contribution >= 4 is 29.9 Å². The van der Waals surface area contributed by atoms with E-state index in [9.17, 15) is 0 Å². The minimum Gasteiger partial charge on any atom is -0.379 e. The Bertz CT molecular complexity index is 610. The summed E-state index contributed by atoms with van der Waals surface area (Å²) in [7, 11) is 5.92. The third-order valence-corrected chi connectivity index (χ3v) is 5.22. The van der Waals surface area contributed by atoms with Gasteiger partial charge in [-0.15, -0.1) is 24.0 Å². The van der Waals surface area contributed by atoms with E-state index in [1.807, 2.05) is 18.8 Å². The molecule has 1 aromatic heterocycles. The smallest absolute Gasteiger partial charge is 0.193 e. The summed E-state index contributed by atoms with van der Waals surface area (Å²) in [5.74, 6) is 1.91. The van der Waals surface area contributed by atoms with Crippen LogP contribution in [0.25, 0.3) is 0 Å². The van der Waals surface area contributed by atoms with Crippen molar-refractivity contribution in [1.29, 1.82) is 0 Å². The van der Waals surface area contributed by atoms with E-state index in [0.717, 1.165) is 51.0 Å². The number of guanidine groups is 1. The number of aryl methyl sites for hydroxylation is 1. The Morgan fingerprint density at radius 3 is 2.46 bits per heavy atom. The van der Waals surface area contributed by atoms with Crippen LogP contribution in [0.4, 0.5) is 0 Å². The Morgan fingerprint density at radius 2 is 1.93 bits per heavy atom. The number of hydrogen-bond acceptors (Lipinski definition) is 4. The van der Waals surface area contributed by atoms with Crippen molar-refractivity contribution in [3.05, 3.63) is 17.5 Å². The van der Waals surface area contributed by atoms with Crippen molar-refractivity contribution in [2.24, 2.45) is 18.0 Å². The molecule has 8 heteroatoms. The zero-order chi connectivity index (χ0) is 20.0. The average Bonchev–Trinajstić information content (AvgIpc) is 2.99. The van der Waals surface area contributed by atoms with Crippen LogP contribution in [0, 0.1) is 5.92 Å². The Morgan fingerprint density at radius 1 is 1.29 bits per heavy atom. The molecule has 0 bridgehead atoms. The molecule has 0 saturated carbocycles. The summed E-state index contributed by atoms with van der Waals surface area (Å²) in [6.45, 7) is 14.3. The average molecular weight is 506 g/mol. The molecular formula is C20H39IN6O. The molecule has 1 aromatic rings. The number of morpholine rings is 1. The lowest BCUT2D eigenvalue weighted by Crippen LogP contribution is -2.52. The predicted octanol–water partition coefficient (Wildman–Crippen LogP) is 2.53. The van der Waals surface area contributed by atoms with Crippen LogP contribution in [0.1, 0.15) is 44.9 Å². The first-order valence-corrected chi connectivity index (χ1v) is 10.1. The van der Waals surface area contributed by atoms with Crippen molar-refractivity contribution < 1.29 is 4.74 Å². The summed E-state index contributed by atoms with van der Waals surface area (Å²) >= 11 is 0. The summed E-state index contributed by atoms with van der Waals surface area (Å²) in [4.78, 5) is 9.22. The van der Waals surface area contributed by atoms with Gasteiger partial charge in [-0.1, -0.05) is 27.7 Å². The second-order valence-corrected chi connectivity index (χ2v) is 8.11. The lowest BCUT2D eigenvalue weighted by Gasteiger charge is -2.37. The number of nitrogens with one attached hydrogen (secondary N) is 1. The maximum absolute atomic E-state index is 5.51. The Balaban J connectivity index is 0.00000392. The number of halogens is 1. The molecule has 7 nitrogen and oxygen atoms in total. The first-order valence-electron chi connectivity index (χ1n) is 10.1. The molecule has 0 aliphatic carbocycles. The van der Waals surface area contributed by atoms with E-state index >= 15 is 0 Å². The highest BCUT2D eigenvalue weighted by molar-refractivity contribution is 14.0. The first kappa shape index (κ1) is 25.2. The fourth-order valence-electron chi connectivity index (χ4n) is 3.77. The van der Waals surface area contributed by atoms with Crippen LogP contribution in [0.15, 0.2) is 11.2 Å². The van der Waals surface area contributed by atoms with Gasteiger partial charge >= 0.3 is 0 Å². The normalized spacial score (nSPS) is 17.0. The second kappa shape index (κ2) is 12.0. The van der Waals surface area contributed by atoms with Gasteiger partial charge in [-0.3, -0.25) is 14.6 Å². The minimum atomic E-state index is 0. The molecule has 1 saturated heterocycles. The monoisotopic (exact) mass is 506 g/mol. The van der Waals surface area contributed by atoms with Crippen LogP contribution >= 0.6 is 24.0 Å². The van der Waals surface area contributed by atoms with E-state index < -0.39 is 0 Å². The van der Waals surface area contributed by atoms with E-state index in [4.69, 9.17) is 4.74 Å². The number of rotatable bonds is 7. The molecule has 28 heavy (non-hydrogen) atoms. The quantitative estimate of drug-likeness (QED) is 0.350. The van der Waals surface area contributed by atoms with Crippen LogP contribution in [0.3, 0.4) is 0 Å². The van der Waals surface area contributed by atoms with Gasteiger partial charge in [0.1, 0.15) is 0 Å². The molecule has 162 valence electrons. The lowest BCUT2D eigenvalue weighted by molar-refractivity contribution is 0.00741. The van der Waals surface area contributed by atoms with E-state index in [1.165, 1.54) is 5.56 Å². The number of aliphatic imine (C=N–C) groups is 1. The third-order valence-electron chi connectivity index (χ3n) is 5.22. The highest BCUT2D eigenvalue weighted by Gasteiger charge is 2.24. The van der Waals surface area contributed by atoms with Crippen molar-refractivity contribution in [2.45, 2.75) is 46.2 Å². The van der Waals surface area contributed by atoms with Gasteiger partial charge in [0.15, 0.2) is 5.96 Å². The fourth-order valence-corrected chi connectivity index (χ4v) is 3.77. The molecular weight excluding hydrogens is 467 g/mol. The Labute approximate surface area is 187 Å². The van der Waals surface area contributed by atoms with Gasteiger partial charge in [-0.25, -0.2) is 0 Å². The number of nitrogens with zero attached hydrogens (tertiary/aromatic N) is 5. The number of aromatic nitrogens is 2. The summed E-state index contributed by atoms with van der Waals surface area (Å²) in [5, 5.41) is 8.21. The zero-order valence-electron chi connectivity index (χ0n) is 18.6. The number of hydrogen-bond donors (Lipinski definition) is 1. The molecule has 0 amide bonds. The summed E-state index contributed by atoms with van der Waals surface area (Å²) in [5.41, 5.74) is 2.42. The van der Waals surface area contributed by atoms with Crippen LogP contribution in [0.5, 0.6) is 0 Å². The van der Waals surface area contributed by atoms with Gasteiger partial charge < -0.3 is 15.0 Å². The SMILES string of the molecule is CN=C(NCC(C(C)C)N1CCOCC1)N(C)Cc1cn(C)nc1C(C)C.I. The Hall–Kier alpha value is -0.870. The summed E-state index contributed by atoms with van der Waals surface area (Å²) < 4.78 is 7.42. The largest absolute Gasteiger partial charge is 0.379 e. The molecule has 1 atom stereocenters. The van der Waals surface area contributed by atoms with Crippen molar-refractivity contribution in [3.8, 4) is 0 Å². The summed E-state index contributed by atoms with van der Waals surface area (Å²) in [6.07, 6.45) is 2.11. The summed E-state index contributed by atoms with van der Waals surface area (Å²) in [6, 6.07) is 0.476. The highest BCUT2D eigenvalue weighted by atomic mass is 127. The molecule has 1 N–H and O–H groups in total. The van der Waals surface area contributed by atoms with Crippen LogP contribution in [-0.2, 0) is 18.3 Å². The van der Waals surface area contributed by atoms with Crippen LogP contribution < -0.4 is 5.32 Å². The highest BCUT2D eigenvalue weighted by Crippen LogP contribution is 2.18. The van der Waals surface area contributed by atoms with Crippen molar-refractivity contribution in [2.75, 3.05) is 46.9 Å². The number of ether oxygens (including phenoxy) is 1. The van der Waals surface area contributed by atoms with E-state index in [-0.39, 0.29) is 24.0 Å². The zero-order valence-corrected chi connectivity index (χ0v) is 20.9. The van der Waals surface area contributed by atoms with E-state index in [1.54, 1.807) is 0 Å². The first-order chi connectivity index (χ1) is 12.8. The molecule has 2 heterocycles. The van der Waals surface area contributed by atoms with E-state index in [0.29, 0.717) is 17.9 Å². The molecule has 0 radical (unpaired) electrons. The van der Waals surface area contributed by atoms with Gasteiger partial charge in [0.25, 0.3) is 0 Å². The maximum atomic E-state index is 5.51. The van der Waals surface area contributed by atoms with Crippen LogP contribution in [0.2, 0.25) is 0 Å². The molecule has 1 aliphatic heterocycles. The predicted molar refractivity (Wildman–Crippen MR) is 127 cm³/mol. The van der Waals surface area contributed by atoms with Gasteiger partial charge in [0, 0.05) is 65.1 Å². The Kier molecular flexibility index (Phi) is 10.8. The fraction of sp³-hybridized carbons (Fsp3) is 0.800.